The summed E-state index contributed by atoms with van der Waals surface area (Å²) < 4.78 is 5.37. The molecule has 0 aliphatic carbocycles. The first-order valence-electron chi connectivity index (χ1n) is 7.63. The SMILES string of the molecule is CCNC(=NCc1ccc(C(N)=O)o1)N1CC(C)(C)C1(C)C.I. The molecule has 0 aromatic carbocycles. The Morgan fingerprint density at radius 3 is 2.48 bits per heavy atom. The fourth-order valence-electron chi connectivity index (χ4n) is 2.54. The van der Waals surface area contributed by atoms with Crippen molar-refractivity contribution in [3.63, 3.8) is 0 Å². The third-order valence-corrected chi connectivity index (χ3v) is 4.76. The van der Waals surface area contributed by atoms with Gasteiger partial charge in [-0.15, -0.1) is 24.0 Å². The Morgan fingerprint density at radius 1 is 1.39 bits per heavy atom. The average Bonchev–Trinajstić information content (AvgIpc) is 2.90. The van der Waals surface area contributed by atoms with Gasteiger partial charge in [-0.1, -0.05) is 13.8 Å². The molecule has 0 unspecified atom stereocenters. The fraction of sp³-hybridized carbons (Fsp3) is 0.625. The standard InChI is InChI=1S/C16H26N4O2.HI/c1-6-18-14(20-10-15(2,3)16(20,4)5)19-9-11-7-8-12(22-11)13(17)21;/h7-8H,6,9-10H2,1-5H3,(H2,17,21)(H,18,19);1H. The zero-order chi connectivity index (χ0) is 16.5. The Kier molecular flexibility index (Phi) is 6.12. The number of likely N-dealkylation sites (tertiary alicyclic amines) is 1. The molecule has 0 spiro atoms. The number of hydrogen-bond acceptors (Lipinski definition) is 3. The first kappa shape index (κ1) is 19.8. The molecule has 0 radical (unpaired) electrons. The van der Waals surface area contributed by atoms with Gasteiger partial charge in [-0.2, -0.15) is 0 Å². The van der Waals surface area contributed by atoms with E-state index in [1.807, 2.05) is 6.92 Å². The first-order valence-corrected chi connectivity index (χ1v) is 7.63. The smallest absolute Gasteiger partial charge is 0.284 e. The van der Waals surface area contributed by atoms with E-state index in [4.69, 9.17) is 10.2 Å². The molecule has 1 aliphatic heterocycles. The molecular formula is C16H27IN4O2. The number of halogens is 1. The van der Waals surface area contributed by atoms with Crippen molar-refractivity contribution in [2.45, 2.75) is 46.7 Å². The highest BCUT2D eigenvalue weighted by atomic mass is 127. The summed E-state index contributed by atoms with van der Waals surface area (Å²) >= 11 is 0. The summed E-state index contributed by atoms with van der Waals surface area (Å²) in [5, 5.41) is 3.32. The van der Waals surface area contributed by atoms with Gasteiger partial charge in [-0.05, 0) is 32.9 Å². The van der Waals surface area contributed by atoms with Crippen molar-refractivity contribution in [3.05, 3.63) is 23.7 Å². The van der Waals surface area contributed by atoms with Gasteiger partial charge in [-0.25, -0.2) is 4.99 Å². The van der Waals surface area contributed by atoms with Crippen molar-refractivity contribution in [1.82, 2.24) is 10.2 Å². The van der Waals surface area contributed by atoms with Gasteiger partial charge in [0.2, 0.25) is 0 Å². The molecule has 3 N–H and O–H groups in total. The highest BCUT2D eigenvalue weighted by Crippen LogP contribution is 2.46. The summed E-state index contributed by atoms with van der Waals surface area (Å²) in [6.45, 7) is 13.2. The molecule has 6 nitrogen and oxygen atoms in total. The van der Waals surface area contributed by atoms with Crippen LogP contribution in [-0.2, 0) is 6.54 Å². The van der Waals surface area contributed by atoms with E-state index in [0.29, 0.717) is 12.3 Å². The largest absolute Gasteiger partial charge is 0.454 e. The lowest BCUT2D eigenvalue weighted by Crippen LogP contribution is -2.72. The van der Waals surface area contributed by atoms with Gasteiger partial charge in [0, 0.05) is 24.0 Å². The Bertz CT molecular complexity index is 593. The van der Waals surface area contributed by atoms with Crippen LogP contribution in [0.5, 0.6) is 0 Å². The number of guanidine groups is 1. The van der Waals surface area contributed by atoms with E-state index < -0.39 is 5.91 Å². The molecule has 130 valence electrons. The monoisotopic (exact) mass is 434 g/mol. The second-order valence-electron chi connectivity index (χ2n) is 6.83. The summed E-state index contributed by atoms with van der Waals surface area (Å²) in [6, 6.07) is 3.31. The molecule has 0 bridgehead atoms. The molecule has 0 saturated carbocycles. The number of rotatable bonds is 4. The minimum absolute atomic E-state index is 0. The second-order valence-corrected chi connectivity index (χ2v) is 6.83. The minimum Gasteiger partial charge on any atom is -0.454 e. The van der Waals surface area contributed by atoms with E-state index in [2.05, 4.69) is 42.9 Å². The van der Waals surface area contributed by atoms with Gasteiger partial charge in [-0.3, -0.25) is 4.79 Å². The van der Waals surface area contributed by atoms with E-state index in [0.717, 1.165) is 19.0 Å². The Labute approximate surface area is 154 Å². The van der Waals surface area contributed by atoms with Crippen LogP contribution in [0, 0.1) is 5.41 Å². The summed E-state index contributed by atoms with van der Waals surface area (Å²) in [5.74, 6) is 1.10. The van der Waals surface area contributed by atoms with Crippen LogP contribution in [-0.4, -0.2) is 35.4 Å². The summed E-state index contributed by atoms with van der Waals surface area (Å²) in [5.41, 5.74) is 5.47. The number of hydrogen-bond donors (Lipinski definition) is 2. The molecule has 1 amide bonds. The first-order chi connectivity index (χ1) is 10.2. The third-order valence-electron chi connectivity index (χ3n) is 4.76. The lowest BCUT2D eigenvalue weighted by Gasteiger charge is -2.62. The molecule has 1 aromatic rings. The van der Waals surface area contributed by atoms with Crippen molar-refractivity contribution in [2.24, 2.45) is 16.1 Å². The van der Waals surface area contributed by atoms with Gasteiger partial charge >= 0.3 is 0 Å². The number of primary amides is 1. The van der Waals surface area contributed by atoms with Crippen LogP contribution in [0.1, 0.15) is 50.9 Å². The Balaban J connectivity index is 0.00000264. The van der Waals surface area contributed by atoms with Crippen LogP contribution in [0.15, 0.2) is 21.5 Å². The van der Waals surface area contributed by atoms with Gasteiger partial charge in [0.25, 0.3) is 5.91 Å². The number of carbonyl (C=O) groups is 1. The van der Waals surface area contributed by atoms with Crippen molar-refractivity contribution >= 4 is 35.8 Å². The molecule has 2 heterocycles. The van der Waals surface area contributed by atoms with Crippen molar-refractivity contribution in [3.8, 4) is 0 Å². The van der Waals surface area contributed by atoms with Crippen LogP contribution < -0.4 is 11.1 Å². The predicted octanol–water partition coefficient (Wildman–Crippen LogP) is 2.58. The number of amides is 1. The van der Waals surface area contributed by atoms with Crippen LogP contribution >= 0.6 is 24.0 Å². The van der Waals surface area contributed by atoms with Crippen LogP contribution in [0.4, 0.5) is 0 Å². The van der Waals surface area contributed by atoms with Gasteiger partial charge in [0.1, 0.15) is 12.3 Å². The topological polar surface area (TPSA) is 83.9 Å². The fourth-order valence-corrected chi connectivity index (χ4v) is 2.54. The number of nitrogens with zero attached hydrogens (tertiary/aromatic N) is 2. The number of nitrogens with one attached hydrogen (secondary N) is 1. The Morgan fingerprint density at radius 2 is 2.04 bits per heavy atom. The molecule has 1 saturated heterocycles. The van der Waals surface area contributed by atoms with Crippen LogP contribution in [0.25, 0.3) is 0 Å². The summed E-state index contributed by atoms with van der Waals surface area (Å²) in [4.78, 5) is 17.9. The van der Waals surface area contributed by atoms with E-state index in [1.165, 1.54) is 0 Å². The highest BCUT2D eigenvalue weighted by molar-refractivity contribution is 14.0. The lowest BCUT2D eigenvalue weighted by atomic mass is 9.65. The maximum Gasteiger partial charge on any atom is 0.284 e. The van der Waals surface area contributed by atoms with E-state index >= 15 is 0 Å². The lowest BCUT2D eigenvalue weighted by molar-refractivity contribution is -0.0668. The van der Waals surface area contributed by atoms with Crippen molar-refractivity contribution < 1.29 is 9.21 Å². The maximum atomic E-state index is 11.0. The molecular weight excluding hydrogens is 407 g/mol. The van der Waals surface area contributed by atoms with Gasteiger partial charge in [0.15, 0.2) is 11.7 Å². The maximum absolute atomic E-state index is 11.0. The Hall–Kier alpha value is -1.25. The van der Waals surface area contributed by atoms with E-state index in [-0.39, 0.29) is 40.7 Å². The number of furan rings is 1. The van der Waals surface area contributed by atoms with Gasteiger partial charge < -0.3 is 20.4 Å². The minimum atomic E-state index is -0.562. The van der Waals surface area contributed by atoms with Crippen LogP contribution in [0.2, 0.25) is 0 Å². The third kappa shape index (κ3) is 3.81. The molecule has 1 aromatic heterocycles. The number of aliphatic imine (C=N–C) groups is 1. The molecule has 1 fully saturated rings. The van der Waals surface area contributed by atoms with Gasteiger partial charge in [0.05, 0.1) is 0 Å². The molecule has 23 heavy (non-hydrogen) atoms. The molecule has 7 heteroatoms. The normalized spacial score (nSPS) is 18.8. The van der Waals surface area contributed by atoms with E-state index in [9.17, 15) is 4.79 Å². The second kappa shape index (κ2) is 7.11. The number of nitrogens with two attached hydrogens (primary N) is 1. The quantitative estimate of drug-likeness (QED) is 0.434. The zero-order valence-electron chi connectivity index (χ0n) is 14.5. The number of carbonyl (C=O) groups excluding carboxylic acids is 1. The molecule has 2 rings (SSSR count). The predicted molar refractivity (Wildman–Crippen MR) is 102 cm³/mol. The van der Waals surface area contributed by atoms with E-state index in [1.54, 1.807) is 12.1 Å². The molecule has 0 atom stereocenters. The van der Waals surface area contributed by atoms with Crippen molar-refractivity contribution in [1.29, 1.82) is 0 Å². The van der Waals surface area contributed by atoms with Crippen molar-refractivity contribution in [2.75, 3.05) is 13.1 Å². The summed E-state index contributed by atoms with van der Waals surface area (Å²) in [6.07, 6.45) is 0. The summed E-state index contributed by atoms with van der Waals surface area (Å²) in [7, 11) is 0. The zero-order valence-corrected chi connectivity index (χ0v) is 16.8. The average molecular weight is 434 g/mol. The highest BCUT2D eigenvalue weighted by Gasteiger charge is 2.53. The van der Waals surface area contributed by atoms with Crippen LogP contribution in [0.3, 0.4) is 0 Å². The molecule has 1 aliphatic rings.